The van der Waals surface area contributed by atoms with Crippen LogP contribution in [-0.4, -0.2) is 33.9 Å². The maximum atomic E-state index is 12.5. The van der Waals surface area contributed by atoms with Gasteiger partial charge in [-0.15, -0.1) is 0 Å². The highest BCUT2D eigenvalue weighted by molar-refractivity contribution is 7.91. The molecule has 8 heteroatoms. The van der Waals surface area contributed by atoms with Crippen LogP contribution < -0.4 is 4.72 Å². The summed E-state index contributed by atoms with van der Waals surface area (Å²) in [4.78, 5) is 0. The number of sulfonamides is 2. The molecule has 1 N–H and O–H groups in total. The van der Waals surface area contributed by atoms with Crippen LogP contribution in [0.5, 0.6) is 0 Å². The first-order chi connectivity index (χ1) is 12.1. The Morgan fingerprint density at radius 2 is 1.77 bits per heavy atom. The van der Waals surface area contributed by atoms with Crippen molar-refractivity contribution in [1.29, 1.82) is 0 Å². The number of nitrogens with one attached hydrogen (secondary N) is 1. The third-order valence-corrected chi connectivity index (χ3v) is 7.02. The lowest BCUT2D eigenvalue weighted by Crippen LogP contribution is -2.35. The third kappa shape index (κ3) is 4.44. The van der Waals surface area contributed by atoms with E-state index < -0.39 is 20.0 Å². The van der Waals surface area contributed by atoms with E-state index in [1.165, 1.54) is 10.6 Å². The number of hydrogen-bond acceptors (Lipinski definition) is 4. The van der Waals surface area contributed by atoms with E-state index in [1.54, 1.807) is 18.2 Å². The van der Waals surface area contributed by atoms with Gasteiger partial charge in [-0.05, 0) is 47.7 Å². The van der Waals surface area contributed by atoms with Crippen molar-refractivity contribution in [3.8, 4) is 0 Å². The standard InChI is InChI=1S/C18H22N2O4S2/c1-14-5-3-4-6-16(14)13-26(23,24)19-18-8-7-15-9-10-20(25(2,21)22)12-17(15)11-18/h3-8,11,19H,9-10,12-13H2,1-2H3. The van der Waals surface area contributed by atoms with Gasteiger partial charge in [-0.3, -0.25) is 4.72 Å². The number of aryl methyl sites for hydroxylation is 1. The van der Waals surface area contributed by atoms with Crippen LogP contribution in [0.1, 0.15) is 22.3 Å². The fourth-order valence-corrected chi connectivity index (χ4v) is 5.16. The molecule has 0 aliphatic carbocycles. The van der Waals surface area contributed by atoms with Crippen LogP contribution in [0.4, 0.5) is 5.69 Å². The largest absolute Gasteiger partial charge is 0.283 e. The predicted molar refractivity (Wildman–Crippen MR) is 103 cm³/mol. The molecule has 6 nitrogen and oxygen atoms in total. The number of hydrogen-bond donors (Lipinski definition) is 1. The molecule has 0 saturated heterocycles. The van der Waals surface area contributed by atoms with Gasteiger partial charge < -0.3 is 0 Å². The summed E-state index contributed by atoms with van der Waals surface area (Å²) in [6, 6.07) is 12.7. The van der Waals surface area contributed by atoms with Gasteiger partial charge >= 0.3 is 0 Å². The second-order valence-corrected chi connectivity index (χ2v) is 10.3. The first kappa shape index (κ1) is 18.9. The van der Waals surface area contributed by atoms with E-state index in [2.05, 4.69) is 4.72 Å². The molecule has 0 atom stereocenters. The highest BCUT2D eigenvalue weighted by atomic mass is 32.2. The SMILES string of the molecule is Cc1ccccc1CS(=O)(=O)Nc1ccc2c(c1)CN(S(C)(=O)=O)CC2. The van der Waals surface area contributed by atoms with Gasteiger partial charge in [-0.2, -0.15) is 4.31 Å². The highest BCUT2D eigenvalue weighted by Gasteiger charge is 2.23. The Morgan fingerprint density at radius 1 is 1.04 bits per heavy atom. The number of nitrogens with zero attached hydrogens (tertiary/aromatic N) is 1. The molecular weight excluding hydrogens is 372 g/mol. The van der Waals surface area contributed by atoms with Crippen LogP contribution >= 0.6 is 0 Å². The molecule has 140 valence electrons. The number of fused-ring (bicyclic) bond motifs is 1. The van der Waals surface area contributed by atoms with E-state index in [0.29, 0.717) is 18.7 Å². The maximum Gasteiger partial charge on any atom is 0.236 e. The zero-order valence-electron chi connectivity index (χ0n) is 14.8. The second-order valence-electron chi connectivity index (χ2n) is 6.62. The van der Waals surface area contributed by atoms with Gasteiger partial charge in [0.2, 0.25) is 20.0 Å². The van der Waals surface area contributed by atoms with Gasteiger partial charge in [0.25, 0.3) is 0 Å². The second kappa shape index (κ2) is 7.02. The van der Waals surface area contributed by atoms with Crippen LogP contribution in [-0.2, 0) is 38.8 Å². The van der Waals surface area contributed by atoms with Crippen LogP contribution in [0.2, 0.25) is 0 Å². The molecule has 3 rings (SSSR count). The summed E-state index contributed by atoms with van der Waals surface area (Å²) in [6.07, 6.45) is 1.81. The molecule has 0 fully saturated rings. The molecule has 0 amide bonds. The van der Waals surface area contributed by atoms with Gasteiger partial charge in [-0.1, -0.05) is 30.3 Å². The predicted octanol–water partition coefficient (Wildman–Crippen LogP) is 2.25. The van der Waals surface area contributed by atoms with Gasteiger partial charge in [0.05, 0.1) is 12.0 Å². The Hall–Kier alpha value is -1.90. The fourth-order valence-electron chi connectivity index (χ4n) is 3.07. The number of anilines is 1. The molecular formula is C18H22N2O4S2. The Balaban J connectivity index is 1.80. The summed E-state index contributed by atoms with van der Waals surface area (Å²) >= 11 is 0. The molecule has 1 aliphatic rings. The summed E-state index contributed by atoms with van der Waals surface area (Å²) in [6.45, 7) is 2.59. The quantitative estimate of drug-likeness (QED) is 0.843. The molecule has 2 aromatic carbocycles. The topological polar surface area (TPSA) is 83.6 Å². The lowest BCUT2D eigenvalue weighted by Gasteiger charge is -2.27. The first-order valence-electron chi connectivity index (χ1n) is 8.26. The zero-order valence-corrected chi connectivity index (χ0v) is 16.4. The van der Waals surface area contributed by atoms with Crippen LogP contribution in [0.25, 0.3) is 0 Å². The van der Waals surface area contributed by atoms with Crippen LogP contribution in [0, 0.1) is 6.92 Å². The molecule has 2 aromatic rings. The molecule has 0 spiro atoms. The molecule has 0 bridgehead atoms. The summed E-state index contributed by atoms with van der Waals surface area (Å²) in [7, 11) is -6.83. The van der Waals surface area contributed by atoms with Crippen molar-refractivity contribution < 1.29 is 16.8 Å². The summed E-state index contributed by atoms with van der Waals surface area (Å²) in [5.41, 5.74) is 4.01. The van der Waals surface area contributed by atoms with Gasteiger partial charge in [0.15, 0.2) is 0 Å². The van der Waals surface area contributed by atoms with Crippen molar-refractivity contribution in [1.82, 2.24) is 4.31 Å². The van der Waals surface area contributed by atoms with E-state index in [1.807, 2.05) is 31.2 Å². The molecule has 1 heterocycles. The van der Waals surface area contributed by atoms with Crippen molar-refractivity contribution in [2.24, 2.45) is 0 Å². The van der Waals surface area contributed by atoms with Crippen molar-refractivity contribution in [3.05, 3.63) is 64.7 Å². The number of rotatable bonds is 5. The summed E-state index contributed by atoms with van der Waals surface area (Å²) in [5.74, 6) is -0.105. The summed E-state index contributed by atoms with van der Waals surface area (Å²) < 4.78 is 52.5. The molecule has 26 heavy (non-hydrogen) atoms. The molecule has 0 radical (unpaired) electrons. The van der Waals surface area contributed by atoms with Crippen molar-refractivity contribution >= 4 is 25.7 Å². The lowest BCUT2D eigenvalue weighted by molar-refractivity contribution is 0.395. The summed E-state index contributed by atoms with van der Waals surface area (Å²) in [5, 5.41) is 0. The normalized spacial score (nSPS) is 15.5. The van der Waals surface area contributed by atoms with Gasteiger partial charge in [0, 0.05) is 18.8 Å². The molecule has 0 unspecified atom stereocenters. The van der Waals surface area contributed by atoms with Gasteiger partial charge in [-0.25, -0.2) is 16.8 Å². The maximum absolute atomic E-state index is 12.5. The molecule has 0 aromatic heterocycles. The average molecular weight is 395 g/mol. The lowest BCUT2D eigenvalue weighted by atomic mass is 10.0. The van der Waals surface area contributed by atoms with E-state index in [-0.39, 0.29) is 12.3 Å². The molecule has 0 saturated carbocycles. The highest BCUT2D eigenvalue weighted by Crippen LogP contribution is 2.25. The first-order valence-corrected chi connectivity index (χ1v) is 11.8. The third-order valence-electron chi connectivity index (χ3n) is 4.53. The zero-order chi connectivity index (χ0) is 18.9. The van der Waals surface area contributed by atoms with E-state index >= 15 is 0 Å². The monoisotopic (exact) mass is 394 g/mol. The Morgan fingerprint density at radius 3 is 2.46 bits per heavy atom. The van der Waals surface area contributed by atoms with Gasteiger partial charge in [0.1, 0.15) is 0 Å². The minimum Gasteiger partial charge on any atom is -0.283 e. The van der Waals surface area contributed by atoms with E-state index in [9.17, 15) is 16.8 Å². The van der Waals surface area contributed by atoms with E-state index in [4.69, 9.17) is 0 Å². The number of benzene rings is 2. The van der Waals surface area contributed by atoms with Crippen molar-refractivity contribution in [2.45, 2.75) is 25.6 Å². The smallest absolute Gasteiger partial charge is 0.236 e. The average Bonchev–Trinajstić information content (AvgIpc) is 2.55. The van der Waals surface area contributed by atoms with Crippen molar-refractivity contribution in [2.75, 3.05) is 17.5 Å². The van der Waals surface area contributed by atoms with E-state index in [0.717, 1.165) is 22.3 Å². The minimum absolute atomic E-state index is 0.105. The molecule has 1 aliphatic heterocycles. The fraction of sp³-hybridized carbons (Fsp3) is 0.333. The van der Waals surface area contributed by atoms with Crippen molar-refractivity contribution in [3.63, 3.8) is 0 Å². The Kier molecular flexibility index (Phi) is 5.09. The minimum atomic E-state index is -3.56. The Bertz CT molecular complexity index is 1030. The Labute approximate surface area is 155 Å². The van der Waals surface area contributed by atoms with Crippen LogP contribution in [0.15, 0.2) is 42.5 Å². The van der Waals surface area contributed by atoms with Crippen LogP contribution in [0.3, 0.4) is 0 Å².